The molecular formula is C22H21BrN2OS. The Labute approximate surface area is 172 Å². The molecule has 1 aromatic heterocycles. The maximum Gasteiger partial charge on any atom is 0.264 e. The minimum atomic E-state index is 0.140. The molecule has 3 aromatic rings. The van der Waals surface area contributed by atoms with Gasteiger partial charge in [-0.2, -0.15) is 0 Å². The number of rotatable bonds is 4. The first kappa shape index (κ1) is 18.4. The third-order valence-corrected chi connectivity index (χ3v) is 6.65. The normalized spacial score (nSPS) is 15.3. The molecule has 2 aromatic carbocycles. The Morgan fingerprint density at radius 2 is 1.44 bits per heavy atom. The Hall–Kier alpha value is -1.95. The lowest BCUT2D eigenvalue weighted by Gasteiger charge is -2.39. The summed E-state index contributed by atoms with van der Waals surface area (Å²) in [6, 6.07) is 23.4. The zero-order valence-corrected chi connectivity index (χ0v) is 17.3. The largest absolute Gasteiger partial charge is 0.335 e. The Morgan fingerprint density at radius 3 is 1.93 bits per heavy atom. The molecule has 1 aliphatic heterocycles. The van der Waals surface area contributed by atoms with Crippen molar-refractivity contribution in [3.63, 3.8) is 0 Å². The third-order valence-electron chi connectivity index (χ3n) is 4.98. The molecule has 4 rings (SSSR count). The lowest BCUT2D eigenvalue weighted by Crippen LogP contribution is -2.49. The standard InChI is InChI=1S/C22H21BrN2OS/c23-19-15-20(27-16-19)22(26)25-13-11-24(12-14-25)21(17-7-3-1-4-8-17)18-9-5-2-6-10-18/h1-10,15-16,21H,11-14H2. The van der Waals surface area contributed by atoms with Gasteiger partial charge in [-0.15, -0.1) is 11.3 Å². The van der Waals surface area contributed by atoms with E-state index in [1.165, 1.54) is 22.5 Å². The first-order chi connectivity index (χ1) is 13.2. The van der Waals surface area contributed by atoms with Gasteiger partial charge in [0.05, 0.1) is 10.9 Å². The Kier molecular flexibility index (Phi) is 5.72. The van der Waals surface area contributed by atoms with Gasteiger partial charge in [0.25, 0.3) is 5.91 Å². The van der Waals surface area contributed by atoms with Gasteiger partial charge in [-0.25, -0.2) is 0 Å². The number of carbonyl (C=O) groups excluding carboxylic acids is 1. The van der Waals surface area contributed by atoms with Crippen LogP contribution in [0.1, 0.15) is 26.8 Å². The van der Waals surface area contributed by atoms with Crippen LogP contribution in [0.25, 0.3) is 0 Å². The molecule has 5 heteroatoms. The van der Waals surface area contributed by atoms with E-state index in [1.54, 1.807) is 0 Å². The van der Waals surface area contributed by atoms with Crippen LogP contribution in [-0.2, 0) is 0 Å². The van der Waals surface area contributed by atoms with Crippen LogP contribution in [0.3, 0.4) is 0 Å². The predicted molar refractivity (Wildman–Crippen MR) is 114 cm³/mol. The van der Waals surface area contributed by atoms with Crippen LogP contribution in [0.2, 0.25) is 0 Å². The van der Waals surface area contributed by atoms with E-state index in [2.05, 4.69) is 81.5 Å². The highest BCUT2D eigenvalue weighted by molar-refractivity contribution is 9.10. The first-order valence-electron chi connectivity index (χ1n) is 9.09. The summed E-state index contributed by atoms with van der Waals surface area (Å²) in [5.74, 6) is 0.140. The van der Waals surface area contributed by atoms with E-state index in [9.17, 15) is 4.79 Å². The Bertz CT molecular complexity index is 849. The van der Waals surface area contributed by atoms with Crippen molar-refractivity contribution < 1.29 is 4.79 Å². The van der Waals surface area contributed by atoms with E-state index in [4.69, 9.17) is 0 Å². The highest BCUT2D eigenvalue weighted by Crippen LogP contribution is 2.30. The third kappa shape index (κ3) is 4.15. The van der Waals surface area contributed by atoms with E-state index in [1.807, 2.05) is 16.3 Å². The Morgan fingerprint density at radius 1 is 0.889 bits per heavy atom. The number of nitrogens with zero attached hydrogens (tertiary/aromatic N) is 2. The lowest BCUT2D eigenvalue weighted by molar-refractivity contribution is 0.0602. The monoisotopic (exact) mass is 440 g/mol. The number of hydrogen-bond donors (Lipinski definition) is 0. The van der Waals surface area contributed by atoms with Crippen LogP contribution in [0.5, 0.6) is 0 Å². The molecular weight excluding hydrogens is 420 g/mol. The number of hydrogen-bond acceptors (Lipinski definition) is 3. The minimum absolute atomic E-state index is 0.140. The highest BCUT2D eigenvalue weighted by Gasteiger charge is 2.28. The molecule has 0 N–H and O–H groups in total. The van der Waals surface area contributed by atoms with Crippen molar-refractivity contribution in [2.24, 2.45) is 0 Å². The molecule has 1 aliphatic rings. The summed E-state index contributed by atoms with van der Waals surface area (Å²) < 4.78 is 0.975. The molecule has 3 nitrogen and oxygen atoms in total. The molecule has 2 heterocycles. The van der Waals surface area contributed by atoms with Gasteiger partial charge >= 0.3 is 0 Å². The summed E-state index contributed by atoms with van der Waals surface area (Å²) in [7, 11) is 0. The van der Waals surface area contributed by atoms with E-state index in [0.717, 1.165) is 35.5 Å². The number of amides is 1. The highest BCUT2D eigenvalue weighted by atomic mass is 79.9. The second kappa shape index (κ2) is 8.38. The molecule has 0 bridgehead atoms. The Balaban J connectivity index is 1.51. The van der Waals surface area contributed by atoms with Gasteiger partial charge in [-0.1, -0.05) is 60.7 Å². The molecule has 1 saturated heterocycles. The number of halogens is 1. The van der Waals surface area contributed by atoms with Crippen molar-refractivity contribution in [1.82, 2.24) is 9.80 Å². The smallest absolute Gasteiger partial charge is 0.264 e. The van der Waals surface area contributed by atoms with Crippen molar-refractivity contribution in [3.05, 3.63) is 92.6 Å². The van der Waals surface area contributed by atoms with Gasteiger partial charge in [0.2, 0.25) is 0 Å². The summed E-state index contributed by atoms with van der Waals surface area (Å²) in [6.45, 7) is 3.24. The van der Waals surface area contributed by atoms with Gasteiger partial charge in [0.15, 0.2) is 0 Å². The van der Waals surface area contributed by atoms with Crippen LogP contribution >= 0.6 is 27.3 Å². The molecule has 0 unspecified atom stereocenters. The zero-order valence-electron chi connectivity index (χ0n) is 14.9. The van der Waals surface area contributed by atoms with Crippen LogP contribution in [0, 0.1) is 0 Å². The van der Waals surface area contributed by atoms with Gasteiger partial charge in [0.1, 0.15) is 0 Å². The second-order valence-electron chi connectivity index (χ2n) is 6.68. The fourth-order valence-electron chi connectivity index (χ4n) is 3.65. The minimum Gasteiger partial charge on any atom is -0.335 e. The molecule has 138 valence electrons. The number of thiophene rings is 1. The molecule has 0 atom stereocenters. The quantitative estimate of drug-likeness (QED) is 0.565. The number of benzene rings is 2. The van der Waals surface area contributed by atoms with Crippen molar-refractivity contribution in [1.29, 1.82) is 0 Å². The number of piperazine rings is 1. The molecule has 0 spiro atoms. The summed E-state index contributed by atoms with van der Waals surface area (Å²) in [4.78, 5) is 18.0. The summed E-state index contributed by atoms with van der Waals surface area (Å²) in [5.41, 5.74) is 2.59. The van der Waals surface area contributed by atoms with Crippen molar-refractivity contribution >= 4 is 33.2 Å². The summed E-state index contributed by atoms with van der Waals surface area (Å²) in [5, 5.41) is 1.96. The average molecular weight is 441 g/mol. The average Bonchev–Trinajstić information content (AvgIpc) is 3.16. The number of carbonyl (C=O) groups is 1. The summed E-state index contributed by atoms with van der Waals surface area (Å²) >= 11 is 4.94. The van der Waals surface area contributed by atoms with Crippen molar-refractivity contribution in [2.45, 2.75) is 6.04 Å². The SMILES string of the molecule is O=C(c1cc(Br)cs1)N1CCN(C(c2ccccc2)c2ccccc2)CC1. The molecule has 0 saturated carbocycles. The zero-order chi connectivity index (χ0) is 18.6. The maximum absolute atomic E-state index is 12.7. The van der Waals surface area contributed by atoms with Crippen molar-refractivity contribution in [2.75, 3.05) is 26.2 Å². The van der Waals surface area contributed by atoms with Gasteiger partial charge in [-0.3, -0.25) is 9.69 Å². The fourth-order valence-corrected chi connectivity index (χ4v) is 5.04. The fraction of sp³-hybridized carbons (Fsp3) is 0.227. The van der Waals surface area contributed by atoms with Gasteiger partial charge in [-0.05, 0) is 33.1 Å². The molecule has 1 fully saturated rings. The van der Waals surface area contributed by atoms with Crippen LogP contribution in [0.4, 0.5) is 0 Å². The topological polar surface area (TPSA) is 23.6 Å². The van der Waals surface area contributed by atoms with E-state index >= 15 is 0 Å². The molecule has 27 heavy (non-hydrogen) atoms. The van der Waals surface area contributed by atoms with Crippen molar-refractivity contribution in [3.8, 4) is 0 Å². The lowest BCUT2D eigenvalue weighted by atomic mass is 9.96. The van der Waals surface area contributed by atoms with E-state index in [-0.39, 0.29) is 11.9 Å². The van der Waals surface area contributed by atoms with E-state index < -0.39 is 0 Å². The second-order valence-corrected chi connectivity index (χ2v) is 8.51. The van der Waals surface area contributed by atoms with Crippen LogP contribution < -0.4 is 0 Å². The summed E-state index contributed by atoms with van der Waals surface area (Å²) in [6.07, 6.45) is 0. The molecule has 0 radical (unpaired) electrons. The maximum atomic E-state index is 12.7. The first-order valence-corrected chi connectivity index (χ1v) is 10.8. The van der Waals surface area contributed by atoms with Crippen LogP contribution in [-0.4, -0.2) is 41.9 Å². The van der Waals surface area contributed by atoms with Gasteiger partial charge < -0.3 is 4.90 Å². The van der Waals surface area contributed by atoms with E-state index in [0.29, 0.717) is 0 Å². The molecule has 0 aliphatic carbocycles. The van der Waals surface area contributed by atoms with Gasteiger partial charge in [0, 0.05) is 36.0 Å². The predicted octanol–water partition coefficient (Wildman–Crippen LogP) is 5.06. The van der Waals surface area contributed by atoms with Crippen LogP contribution in [0.15, 0.2) is 76.6 Å². The molecule has 1 amide bonds.